The molecule has 9 heteroatoms. The van der Waals surface area contributed by atoms with E-state index in [1.807, 2.05) is 73.9 Å². The largest absolute Gasteiger partial charge is 0.497 e. The Labute approximate surface area is 240 Å². The van der Waals surface area contributed by atoms with Crippen LogP contribution in [0.3, 0.4) is 0 Å². The molecule has 1 aromatic heterocycles. The van der Waals surface area contributed by atoms with Gasteiger partial charge in [0.1, 0.15) is 5.75 Å². The summed E-state index contributed by atoms with van der Waals surface area (Å²) in [6, 6.07) is 25.3. The van der Waals surface area contributed by atoms with Crippen molar-refractivity contribution in [2.24, 2.45) is 7.05 Å². The molecule has 0 fully saturated rings. The van der Waals surface area contributed by atoms with Crippen LogP contribution in [0.15, 0.2) is 91.1 Å². The number of nitrogens with zero attached hydrogens (tertiary/aromatic N) is 3. The fraction of sp³-hybridized carbons (Fsp3) is 0.281. The molecule has 3 aromatic carbocycles. The molecule has 0 unspecified atom stereocenters. The molecular formula is C32H37N5O4. The van der Waals surface area contributed by atoms with E-state index in [1.165, 1.54) is 0 Å². The Bertz CT molecular complexity index is 1440. The van der Waals surface area contributed by atoms with Gasteiger partial charge in [-0.25, -0.2) is 0 Å². The Morgan fingerprint density at radius 2 is 1.71 bits per heavy atom. The smallest absolute Gasteiger partial charge is 0.253 e. The highest BCUT2D eigenvalue weighted by molar-refractivity contribution is 5.99. The minimum Gasteiger partial charge on any atom is -0.497 e. The molecule has 4 aromatic rings. The molecule has 4 rings (SSSR count). The third-order valence-corrected chi connectivity index (χ3v) is 6.78. The number of carbonyl (C=O) groups is 2. The van der Waals surface area contributed by atoms with Crippen LogP contribution in [0.4, 0.5) is 0 Å². The van der Waals surface area contributed by atoms with Crippen molar-refractivity contribution in [1.82, 2.24) is 25.3 Å². The summed E-state index contributed by atoms with van der Waals surface area (Å²) < 4.78 is 6.97. The normalized spacial score (nSPS) is 12.4. The molecule has 0 radical (unpaired) electrons. The molecule has 0 spiro atoms. The maximum absolute atomic E-state index is 13.4. The number of nitrogens with one attached hydrogen (secondary N) is 2. The highest BCUT2D eigenvalue weighted by atomic mass is 16.5. The summed E-state index contributed by atoms with van der Waals surface area (Å²) in [5.74, 6) is 0.190. The van der Waals surface area contributed by atoms with Gasteiger partial charge in [-0.05, 0) is 53.9 Å². The van der Waals surface area contributed by atoms with Gasteiger partial charge in [-0.15, -0.1) is 0 Å². The van der Waals surface area contributed by atoms with Gasteiger partial charge in [0.25, 0.3) is 11.8 Å². The van der Waals surface area contributed by atoms with E-state index in [2.05, 4.69) is 15.7 Å². The second-order valence-corrected chi connectivity index (χ2v) is 10.0. The highest BCUT2D eigenvalue weighted by Crippen LogP contribution is 2.14. The molecule has 2 amide bonds. The lowest BCUT2D eigenvalue weighted by molar-refractivity contribution is 0.0783. The lowest BCUT2D eigenvalue weighted by Crippen LogP contribution is -2.48. The van der Waals surface area contributed by atoms with Gasteiger partial charge in [-0.2, -0.15) is 5.10 Å². The number of methoxy groups -OCH3 is 1. The third-order valence-electron chi connectivity index (χ3n) is 6.78. The Balaban J connectivity index is 1.42. The lowest BCUT2D eigenvalue weighted by Gasteiger charge is -2.25. The maximum atomic E-state index is 13.4. The number of carbonyl (C=O) groups excluding carboxylic acids is 2. The third kappa shape index (κ3) is 8.51. The van der Waals surface area contributed by atoms with Crippen molar-refractivity contribution in [3.8, 4) is 5.75 Å². The zero-order chi connectivity index (χ0) is 29.2. The van der Waals surface area contributed by atoms with Gasteiger partial charge < -0.3 is 25.4 Å². The van der Waals surface area contributed by atoms with Crippen LogP contribution in [0, 0.1) is 0 Å². The van der Waals surface area contributed by atoms with Gasteiger partial charge in [0.15, 0.2) is 0 Å². The van der Waals surface area contributed by atoms with E-state index in [4.69, 9.17) is 4.74 Å². The molecule has 0 aliphatic heterocycles. The second kappa shape index (κ2) is 14.2. The maximum Gasteiger partial charge on any atom is 0.253 e. The number of hydrogen-bond acceptors (Lipinski definition) is 6. The number of aliphatic hydroxyl groups is 1. The van der Waals surface area contributed by atoms with Gasteiger partial charge in [0.2, 0.25) is 0 Å². The van der Waals surface area contributed by atoms with Crippen LogP contribution in [-0.4, -0.2) is 64.4 Å². The van der Waals surface area contributed by atoms with Crippen LogP contribution in [0.25, 0.3) is 0 Å². The summed E-state index contributed by atoms with van der Waals surface area (Å²) in [5, 5.41) is 21.7. The average molecular weight is 556 g/mol. The number of aryl methyl sites for hydroxylation is 1. The van der Waals surface area contributed by atoms with E-state index in [0.717, 1.165) is 22.6 Å². The summed E-state index contributed by atoms with van der Waals surface area (Å²) in [4.78, 5) is 28.0. The van der Waals surface area contributed by atoms with Crippen LogP contribution in [0.1, 0.15) is 37.5 Å². The Morgan fingerprint density at radius 3 is 2.44 bits per heavy atom. The first-order valence-corrected chi connectivity index (χ1v) is 13.5. The van der Waals surface area contributed by atoms with Crippen LogP contribution in [-0.2, 0) is 26.6 Å². The molecule has 41 heavy (non-hydrogen) atoms. The molecular weight excluding hydrogens is 518 g/mol. The van der Waals surface area contributed by atoms with Crippen molar-refractivity contribution in [1.29, 1.82) is 0 Å². The number of ether oxygens (including phenoxy) is 1. The monoisotopic (exact) mass is 555 g/mol. The predicted molar refractivity (Wildman–Crippen MR) is 158 cm³/mol. The summed E-state index contributed by atoms with van der Waals surface area (Å²) >= 11 is 0. The van der Waals surface area contributed by atoms with E-state index < -0.39 is 12.1 Å². The second-order valence-electron chi connectivity index (χ2n) is 10.0. The molecule has 2 atom stereocenters. The molecule has 3 N–H and O–H groups in total. The van der Waals surface area contributed by atoms with Gasteiger partial charge >= 0.3 is 0 Å². The molecule has 0 aliphatic carbocycles. The van der Waals surface area contributed by atoms with Crippen LogP contribution in [0.5, 0.6) is 5.75 Å². The highest BCUT2D eigenvalue weighted by Gasteiger charge is 2.23. The van der Waals surface area contributed by atoms with Gasteiger partial charge in [0.05, 0.1) is 31.5 Å². The zero-order valence-electron chi connectivity index (χ0n) is 23.7. The SMILES string of the molecule is COc1cccc(CNC[C@@H](O)[C@H](Cc2ccccc2)NC(=O)c2cccc(C(=O)N(C)Cc3ccn(C)n3)c2)c1. The van der Waals surface area contributed by atoms with Crippen molar-refractivity contribution in [2.75, 3.05) is 20.7 Å². The average Bonchev–Trinajstić information content (AvgIpc) is 3.41. The molecule has 0 aliphatic rings. The van der Waals surface area contributed by atoms with E-state index in [0.29, 0.717) is 30.6 Å². The predicted octanol–water partition coefficient (Wildman–Crippen LogP) is 3.19. The van der Waals surface area contributed by atoms with Gasteiger partial charge in [0, 0.05) is 44.5 Å². The Kier molecular flexibility index (Phi) is 10.3. The summed E-state index contributed by atoms with van der Waals surface area (Å²) in [7, 11) is 5.15. The minimum absolute atomic E-state index is 0.215. The number of aliphatic hydroxyl groups excluding tert-OH is 1. The van der Waals surface area contributed by atoms with Gasteiger partial charge in [-0.3, -0.25) is 14.3 Å². The van der Waals surface area contributed by atoms with Crippen LogP contribution < -0.4 is 15.4 Å². The van der Waals surface area contributed by atoms with Crippen molar-refractivity contribution in [3.05, 3.63) is 119 Å². The summed E-state index contributed by atoms with van der Waals surface area (Å²) in [6.45, 7) is 1.16. The zero-order valence-corrected chi connectivity index (χ0v) is 23.7. The first-order chi connectivity index (χ1) is 19.8. The molecule has 0 saturated carbocycles. The topological polar surface area (TPSA) is 109 Å². The van der Waals surface area contributed by atoms with Gasteiger partial charge in [-0.1, -0.05) is 48.5 Å². The Morgan fingerprint density at radius 1 is 0.976 bits per heavy atom. The molecule has 1 heterocycles. The summed E-state index contributed by atoms with van der Waals surface area (Å²) in [5.41, 5.74) is 3.53. The van der Waals surface area contributed by atoms with E-state index in [-0.39, 0.29) is 18.4 Å². The molecule has 0 saturated heterocycles. The van der Waals surface area contributed by atoms with Crippen molar-refractivity contribution in [2.45, 2.75) is 31.7 Å². The molecule has 214 valence electrons. The van der Waals surface area contributed by atoms with Crippen LogP contribution >= 0.6 is 0 Å². The number of amides is 2. The number of rotatable bonds is 13. The van der Waals surface area contributed by atoms with Crippen LogP contribution in [0.2, 0.25) is 0 Å². The van der Waals surface area contributed by atoms with E-state index in [9.17, 15) is 14.7 Å². The van der Waals surface area contributed by atoms with E-state index >= 15 is 0 Å². The van der Waals surface area contributed by atoms with E-state index in [1.54, 1.807) is 48.0 Å². The standard InChI is InChI=1S/C32H37N5O4/c1-36(22-27-15-16-37(2)35-27)32(40)26-13-8-12-25(19-26)31(39)34-29(18-23-9-5-4-6-10-23)30(38)21-33-20-24-11-7-14-28(17-24)41-3/h4-17,19,29-30,33,38H,18,20-22H2,1-3H3,(H,34,39)/t29-,30+/m0/s1. The first kappa shape index (κ1) is 29.5. The summed E-state index contributed by atoms with van der Waals surface area (Å²) in [6.07, 6.45) is 1.41. The van der Waals surface area contributed by atoms with Crippen molar-refractivity contribution in [3.63, 3.8) is 0 Å². The minimum atomic E-state index is -0.862. The fourth-order valence-corrected chi connectivity index (χ4v) is 4.57. The first-order valence-electron chi connectivity index (χ1n) is 13.5. The fourth-order valence-electron chi connectivity index (χ4n) is 4.57. The molecule has 9 nitrogen and oxygen atoms in total. The van der Waals surface area contributed by atoms with Crippen molar-refractivity contribution < 1.29 is 19.4 Å². The molecule has 0 bridgehead atoms. The number of hydrogen-bond donors (Lipinski definition) is 3. The van der Waals surface area contributed by atoms with Crippen molar-refractivity contribution >= 4 is 11.8 Å². The lowest BCUT2D eigenvalue weighted by atomic mass is 10.00. The quantitative estimate of drug-likeness (QED) is 0.234. The number of benzene rings is 3. The number of aromatic nitrogens is 2. The Hall–Kier alpha value is -4.47.